The van der Waals surface area contributed by atoms with Crippen LogP contribution in [0.15, 0.2) is 6.07 Å². The molecule has 6 heteroatoms. The topological polar surface area (TPSA) is 38.2 Å². The average Bonchev–Trinajstić information content (AvgIpc) is 2.69. The van der Waals surface area contributed by atoms with Crippen LogP contribution in [-0.2, 0) is 4.74 Å². The van der Waals surface area contributed by atoms with Crippen molar-refractivity contribution in [1.29, 1.82) is 0 Å². The van der Waals surface area contributed by atoms with E-state index < -0.39 is 0 Å². The van der Waals surface area contributed by atoms with Gasteiger partial charge in [-0.25, -0.2) is 4.98 Å². The lowest BCUT2D eigenvalue weighted by Crippen LogP contribution is -2.36. The predicted octanol–water partition coefficient (Wildman–Crippen LogP) is 2.36. The Kier molecular flexibility index (Phi) is 2.90. The summed E-state index contributed by atoms with van der Waals surface area (Å²) in [7, 11) is 0. The minimum atomic E-state index is 0.289. The van der Waals surface area contributed by atoms with Gasteiger partial charge in [-0.15, -0.1) is 11.3 Å². The molecule has 3 heterocycles. The molecule has 0 unspecified atom stereocenters. The van der Waals surface area contributed by atoms with Gasteiger partial charge in [0.1, 0.15) is 0 Å². The highest BCUT2D eigenvalue weighted by Gasteiger charge is 2.18. The van der Waals surface area contributed by atoms with E-state index in [-0.39, 0.29) is 5.28 Å². The van der Waals surface area contributed by atoms with E-state index in [1.807, 2.05) is 6.07 Å². The van der Waals surface area contributed by atoms with Crippen LogP contribution < -0.4 is 4.90 Å². The molecule has 2 aromatic heterocycles. The molecule has 3 rings (SSSR count). The van der Waals surface area contributed by atoms with E-state index in [1.165, 1.54) is 0 Å². The van der Waals surface area contributed by atoms with Crippen LogP contribution in [0.25, 0.3) is 10.2 Å². The van der Waals surface area contributed by atoms with Crippen molar-refractivity contribution in [3.05, 3.63) is 23.2 Å². The van der Waals surface area contributed by atoms with E-state index in [9.17, 15) is 0 Å². The van der Waals surface area contributed by atoms with Crippen LogP contribution in [-0.4, -0.2) is 36.3 Å². The summed E-state index contributed by atoms with van der Waals surface area (Å²) < 4.78 is 6.40. The van der Waals surface area contributed by atoms with Gasteiger partial charge in [0.2, 0.25) is 5.28 Å². The van der Waals surface area contributed by atoms with Crippen molar-refractivity contribution in [3.63, 3.8) is 0 Å². The van der Waals surface area contributed by atoms with E-state index in [0.717, 1.165) is 47.2 Å². The number of halogens is 1. The van der Waals surface area contributed by atoms with E-state index in [0.29, 0.717) is 0 Å². The maximum atomic E-state index is 5.96. The van der Waals surface area contributed by atoms with Crippen LogP contribution in [0.5, 0.6) is 0 Å². The standard InChI is InChI=1S/C11H11ClN3OS/c1-7-6-8-9(17-7)10(14-11(12)13-8)15-2-4-16-5-3-15/h6H,1-5H2. The second kappa shape index (κ2) is 4.40. The Labute approximate surface area is 108 Å². The van der Waals surface area contributed by atoms with E-state index in [1.54, 1.807) is 11.3 Å². The molecular weight excluding hydrogens is 258 g/mol. The number of anilines is 1. The molecule has 89 valence electrons. The largest absolute Gasteiger partial charge is 0.378 e. The third kappa shape index (κ3) is 2.10. The van der Waals surface area contributed by atoms with E-state index in [4.69, 9.17) is 16.3 Å². The SMILES string of the molecule is [CH2]c1cc2nc(Cl)nc(N3CCOCC3)c2s1. The quantitative estimate of drug-likeness (QED) is 0.745. The van der Waals surface area contributed by atoms with Crippen LogP contribution in [0.2, 0.25) is 5.28 Å². The summed E-state index contributed by atoms with van der Waals surface area (Å²) in [6, 6.07) is 1.94. The second-order valence-electron chi connectivity index (χ2n) is 3.84. The van der Waals surface area contributed by atoms with Crippen molar-refractivity contribution in [3.8, 4) is 0 Å². The van der Waals surface area contributed by atoms with Crippen molar-refractivity contribution < 1.29 is 4.74 Å². The Balaban J connectivity index is 2.12. The molecule has 1 aliphatic heterocycles. The fourth-order valence-electron chi connectivity index (χ4n) is 1.93. The summed E-state index contributed by atoms with van der Waals surface area (Å²) in [6.07, 6.45) is 0. The number of nitrogens with zero attached hydrogens (tertiary/aromatic N) is 3. The third-order valence-corrected chi connectivity index (χ3v) is 3.83. The summed E-state index contributed by atoms with van der Waals surface area (Å²) >= 11 is 7.56. The first-order valence-corrected chi connectivity index (χ1v) is 6.55. The lowest BCUT2D eigenvalue weighted by atomic mass is 10.3. The highest BCUT2D eigenvalue weighted by Crippen LogP contribution is 2.32. The monoisotopic (exact) mass is 268 g/mol. The third-order valence-electron chi connectivity index (χ3n) is 2.69. The summed E-state index contributed by atoms with van der Waals surface area (Å²) in [5.74, 6) is 0.906. The Morgan fingerprint density at radius 1 is 1.35 bits per heavy atom. The number of rotatable bonds is 1. The Morgan fingerprint density at radius 2 is 2.12 bits per heavy atom. The zero-order chi connectivity index (χ0) is 11.8. The Morgan fingerprint density at radius 3 is 2.88 bits per heavy atom. The van der Waals surface area contributed by atoms with Crippen LogP contribution >= 0.6 is 22.9 Å². The average molecular weight is 269 g/mol. The molecule has 0 bridgehead atoms. The fourth-order valence-corrected chi connectivity index (χ4v) is 3.01. The number of thiophene rings is 1. The maximum Gasteiger partial charge on any atom is 0.224 e. The van der Waals surface area contributed by atoms with E-state index in [2.05, 4.69) is 21.8 Å². The number of aromatic nitrogens is 2. The molecule has 0 amide bonds. The predicted molar refractivity (Wildman–Crippen MR) is 69.9 cm³/mol. The van der Waals surface area contributed by atoms with Crippen molar-refractivity contribution in [2.24, 2.45) is 0 Å². The van der Waals surface area contributed by atoms with Gasteiger partial charge < -0.3 is 9.64 Å². The van der Waals surface area contributed by atoms with Gasteiger partial charge in [0.25, 0.3) is 0 Å². The summed E-state index contributed by atoms with van der Waals surface area (Å²) in [5, 5.41) is 0.289. The molecule has 0 N–H and O–H groups in total. The first kappa shape index (κ1) is 11.2. The molecular formula is C11H11ClN3OS. The lowest BCUT2D eigenvalue weighted by molar-refractivity contribution is 0.122. The zero-order valence-electron chi connectivity index (χ0n) is 9.15. The fraction of sp³-hybridized carbons (Fsp3) is 0.364. The molecule has 0 aromatic carbocycles. The molecule has 0 aliphatic carbocycles. The number of hydrogen-bond acceptors (Lipinski definition) is 5. The van der Waals surface area contributed by atoms with Crippen molar-refractivity contribution in [1.82, 2.24) is 9.97 Å². The summed E-state index contributed by atoms with van der Waals surface area (Å²) in [4.78, 5) is 11.7. The molecule has 1 radical (unpaired) electrons. The van der Waals surface area contributed by atoms with Gasteiger partial charge in [0, 0.05) is 18.0 Å². The Hall–Kier alpha value is -0.910. The van der Waals surface area contributed by atoms with Gasteiger partial charge in [-0.2, -0.15) is 4.98 Å². The first-order chi connectivity index (χ1) is 8.24. The molecule has 17 heavy (non-hydrogen) atoms. The molecule has 1 saturated heterocycles. The second-order valence-corrected chi connectivity index (χ2v) is 5.32. The molecule has 0 saturated carbocycles. The van der Waals surface area contributed by atoms with Gasteiger partial charge in [0.15, 0.2) is 5.82 Å². The number of fused-ring (bicyclic) bond motifs is 1. The van der Waals surface area contributed by atoms with Gasteiger partial charge in [-0.3, -0.25) is 0 Å². The van der Waals surface area contributed by atoms with Gasteiger partial charge >= 0.3 is 0 Å². The Bertz CT molecular complexity index is 551. The van der Waals surface area contributed by atoms with Crippen LogP contribution in [0.3, 0.4) is 0 Å². The van der Waals surface area contributed by atoms with Crippen LogP contribution in [0, 0.1) is 6.92 Å². The minimum absolute atomic E-state index is 0.289. The molecule has 4 nitrogen and oxygen atoms in total. The van der Waals surface area contributed by atoms with Crippen LogP contribution in [0.4, 0.5) is 5.82 Å². The molecule has 1 aliphatic rings. The molecule has 2 aromatic rings. The van der Waals surface area contributed by atoms with Crippen molar-refractivity contribution >= 4 is 39.0 Å². The highest BCUT2D eigenvalue weighted by molar-refractivity contribution is 7.19. The molecule has 0 spiro atoms. The molecule has 1 fully saturated rings. The van der Waals surface area contributed by atoms with Gasteiger partial charge in [-0.05, 0) is 24.6 Å². The molecule has 0 atom stereocenters. The van der Waals surface area contributed by atoms with Crippen LogP contribution in [0.1, 0.15) is 4.88 Å². The van der Waals surface area contributed by atoms with Gasteiger partial charge in [0.05, 0.1) is 23.4 Å². The van der Waals surface area contributed by atoms with Gasteiger partial charge in [-0.1, -0.05) is 0 Å². The summed E-state index contributed by atoms with van der Waals surface area (Å²) in [6.45, 7) is 7.07. The number of hydrogen-bond donors (Lipinski definition) is 0. The normalized spacial score (nSPS) is 16.7. The van der Waals surface area contributed by atoms with Crippen molar-refractivity contribution in [2.75, 3.05) is 31.2 Å². The summed E-state index contributed by atoms with van der Waals surface area (Å²) in [5.41, 5.74) is 0.876. The zero-order valence-corrected chi connectivity index (χ0v) is 10.7. The number of ether oxygens (including phenoxy) is 1. The first-order valence-electron chi connectivity index (χ1n) is 5.36. The number of morpholine rings is 1. The smallest absolute Gasteiger partial charge is 0.224 e. The minimum Gasteiger partial charge on any atom is -0.378 e. The van der Waals surface area contributed by atoms with E-state index >= 15 is 0 Å². The van der Waals surface area contributed by atoms with Crippen molar-refractivity contribution in [2.45, 2.75) is 0 Å². The highest BCUT2D eigenvalue weighted by atomic mass is 35.5. The lowest BCUT2D eigenvalue weighted by Gasteiger charge is -2.28. The maximum absolute atomic E-state index is 5.96.